The molecule has 0 saturated heterocycles. The molecule has 0 amide bonds. The van der Waals surface area contributed by atoms with Gasteiger partial charge in [-0.1, -0.05) is 18.2 Å². The summed E-state index contributed by atoms with van der Waals surface area (Å²) in [6, 6.07) is 9.71. The molecular formula is C18H19F3N6S. The molecule has 0 spiro atoms. The summed E-state index contributed by atoms with van der Waals surface area (Å²) in [5.41, 5.74) is 0.992. The van der Waals surface area contributed by atoms with E-state index in [4.69, 9.17) is 0 Å². The molecule has 1 aromatic carbocycles. The SMILES string of the molecule is CCNC(=NCc1cnn(-c2ccccc2)c1)NCc1nc(C(F)(F)F)cs1. The zero-order chi connectivity index (χ0) is 20.0. The monoisotopic (exact) mass is 408 g/mol. The third-order valence-electron chi connectivity index (χ3n) is 3.67. The maximum absolute atomic E-state index is 12.6. The lowest BCUT2D eigenvalue weighted by Gasteiger charge is -2.09. The first-order valence-corrected chi connectivity index (χ1v) is 9.46. The minimum atomic E-state index is -4.42. The van der Waals surface area contributed by atoms with Crippen molar-refractivity contribution in [2.45, 2.75) is 26.2 Å². The van der Waals surface area contributed by atoms with E-state index in [-0.39, 0.29) is 6.54 Å². The lowest BCUT2D eigenvalue weighted by molar-refractivity contribution is -0.140. The van der Waals surface area contributed by atoms with Gasteiger partial charge in [-0.15, -0.1) is 11.3 Å². The third kappa shape index (κ3) is 5.32. The fourth-order valence-electron chi connectivity index (χ4n) is 2.36. The molecule has 0 aliphatic carbocycles. The van der Waals surface area contributed by atoms with Crippen LogP contribution in [0.2, 0.25) is 0 Å². The number of benzene rings is 1. The van der Waals surface area contributed by atoms with Crippen LogP contribution in [0.5, 0.6) is 0 Å². The molecule has 0 aliphatic rings. The molecule has 148 valence electrons. The second kappa shape index (κ2) is 8.87. The Morgan fingerprint density at radius 1 is 1.21 bits per heavy atom. The van der Waals surface area contributed by atoms with Crippen LogP contribution in [0.25, 0.3) is 5.69 Å². The molecule has 10 heteroatoms. The highest BCUT2D eigenvalue weighted by atomic mass is 32.1. The summed E-state index contributed by atoms with van der Waals surface area (Å²) in [4.78, 5) is 8.06. The van der Waals surface area contributed by atoms with Gasteiger partial charge in [-0.3, -0.25) is 0 Å². The van der Waals surface area contributed by atoms with Gasteiger partial charge in [-0.05, 0) is 19.1 Å². The van der Waals surface area contributed by atoms with Crippen LogP contribution in [0.1, 0.15) is 23.2 Å². The Labute approximate surface area is 164 Å². The van der Waals surface area contributed by atoms with Crippen LogP contribution in [-0.2, 0) is 19.3 Å². The van der Waals surface area contributed by atoms with Crippen molar-refractivity contribution >= 4 is 17.3 Å². The van der Waals surface area contributed by atoms with Crippen molar-refractivity contribution in [2.75, 3.05) is 6.54 Å². The van der Waals surface area contributed by atoms with E-state index in [1.165, 1.54) is 0 Å². The molecular weight excluding hydrogens is 389 g/mol. The Morgan fingerprint density at radius 3 is 2.68 bits per heavy atom. The standard InChI is InChI=1S/C18H19F3N6S/c1-2-22-17(24-10-16-26-15(12-28-16)18(19,20)21)23-8-13-9-25-27(11-13)14-6-4-3-5-7-14/h3-7,9,11-12H,2,8,10H2,1H3,(H2,22,23,24). The molecule has 0 fully saturated rings. The van der Waals surface area contributed by atoms with Crippen molar-refractivity contribution < 1.29 is 13.2 Å². The number of guanidine groups is 1. The highest BCUT2D eigenvalue weighted by molar-refractivity contribution is 7.09. The Bertz CT molecular complexity index is 917. The number of para-hydroxylation sites is 1. The maximum atomic E-state index is 12.6. The maximum Gasteiger partial charge on any atom is 0.434 e. The molecule has 2 aromatic heterocycles. The Morgan fingerprint density at radius 2 is 2.00 bits per heavy atom. The average Bonchev–Trinajstić information content (AvgIpc) is 3.34. The van der Waals surface area contributed by atoms with Crippen molar-refractivity contribution in [2.24, 2.45) is 4.99 Å². The number of hydrogen-bond acceptors (Lipinski definition) is 4. The number of hydrogen-bond donors (Lipinski definition) is 2. The molecule has 0 saturated carbocycles. The van der Waals surface area contributed by atoms with Gasteiger partial charge < -0.3 is 10.6 Å². The van der Waals surface area contributed by atoms with Gasteiger partial charge in [-0.2, -0.15) is 18.3 Å². The van der Waals surface area contributed by atoms with Gasteiger partial charge in [0.25, 0.3) is 0 Å². The second-order valence-electron chi connectivity index (χ2n) is 5.80. The minimum absolute atomic E-state index is 0.163. The molecule has 0 aliphatic heterocycles. The molecule has 3 aromatic rings. The highest BCUT2D eigenvalue weighted by Crippen LogP contribution is 2.29. The van der Waals surface area contributed by atoms with Gasteiger partial charge in [0, 0.05) is 23.7 Å². The lowest BCUT2D eigenvalue weighted by atomic mass is 10.3. The number of halogens is 3. The van der Waals surface area contributed by atoms with E-state index in [0.717, 1.165) is 28.0 Å². The highest BCUT2D eigenvalue weighted by Gasteiger charge is 2.33. The number of alkyl halides is 3. The van der Waals surface area contributed by atoms with Crippen molar-refractivity contribution in [3.05, 3.63) is 64.4 Å². The van der Waals surface area contributed by atoms with E-state index in [1.54, 1.807) is 10.9 Å². The number of aliphatic imine (C=N–C) groups is 1. The van der Waals surface area contributed by atoms with E-state index >= 15 is 0 Å². The number of nitrogens with one attached hydrogen (secondary N) is 2. The summed E-state index contributed by atoms with van der Waals surface area (Å²) < 4.78 is 39.7. The van der Waals surface area contributed by atoms with Crippen LogP contribution in [-0.4, -0.2) is 27.3 Å². The van der Waals surface area contributed by atoms with Gasteiger partial charge in [0.15, 0.2) is 11.7 Å². The summed E-state index contributed by atoms with van der Waals surface area (Å²) in [7, 11) is 0. The minimum Gasteiger partial charge on any atom is -0.357 e. The molecule has 3 rings (SSSR count). The van der Waals surface area contributed by atoms with Crippen LogP contribution < -0.4 is 10.6 Å². The quantitative estimate of drug-likeness (QED) is 0.483. The van der Waals surface area contributed by atoms with Gasteiger partial charge in [0.1, 0.15) is 5.01 Å². The second-order valence-corrected chi connectivity index (χ2v) is 6.74. The molecule has 0 radical (unpaired) electrons. The van der Waals surface area contributed by atoms with Crippen molar-refractivity contribution in [1.29, 1.82) is 0 Å². The predicted molar refractivity (Wildman–Crippen MR) is 102 cm³/mol. The van der Waals surface area contributed by atoms with E-state index in [2.05, 4.69) is 25.7 Å². The first-order valence-electron chi connectivity index (χ1n) is 8.58. The fraction of sp³-hybridized carbons (Fsp3) is 0.278. The Kier molecular flexibility index (Phi) is 6.30. The van der Waals surface area contributed by atoms with Crippen molar-refractivity contribution in [1.82, 2.24) is 25.4 Å². The van der Waals surface area contributed by atoms with E-state index in [9.17, 15) is 13.2 Å². The molecule has 0 bridgehead atoms. The average molecular weight is 408 g/mol. The van der Waals surface area contributed by atoms with Gasteiger partial charge in [0.05, 0.1) is 25.0 Å². The van der Waals surface area contributed by atoms with Crippen LogP contribution in [0.3, 0.4) is 0 Å². The first kappa shape index (κ1) is 19.9. The number of aromatic nitrogens is 3. The van der Waals surface area contributed by atoms with E-state index in [0.29, 0.717) is 24.1 Å². The number of thiazole rings is 1. The van der Waals surface area contributed by atoms with E-state index in [1.807, 2.05) is 43.5 Å². The molecule has 6 nitrogen and oxygen atoms in total. The third-order valence-corrected chi connectivity index (χ3v) is 4.52. The summed E-state index contributed by atoms with van der Waals surface area (Å²) in [6.07, 6.45) is -0.804. The van der Waals surface area contributed by atoms with Crippen LogP contribution in [0, 0.1) is 0 Å². The molecule has 0 unspecified atom stereocenters. The largest absolute Gasteiger partial charge is 0.434 e. The number of nitrogens with zero attached hydrogens (tertiary/aromatic N) is 4. The topological polar surface area (TPSA) is 67.1 Å². The molecule has 2 heterocycles. The summed E-state index contributed by atoms with van der Waals surface area (Å²) in [5, 5.41) is 11.7. The lowest BCUT2D eigenvalue weighted by Crippen LogP contribution is -2.36. The van der Waals surface area contributed by atoms with E-state index < -0.39 is 11.9 Å². The zero-order valence-corrected chi connectivity index (χ0v) is 15.9. The van der Waals surface area contributed by atoms with Crippen LogP contribution in [0.15, 0.2) is 53.1 Å². The van der Waals surface area contributed by atoms with Crippen molar-refractivity contribution in [3.63, 3.8) is 0 Å². The molecule has 2 N–H and O–H groups in total. The number of rotatable bonds is 6. The Balaban J connectivity index is 1.61. The van der Waals surface area contributed by atoms with Crippen LogP contribution in [0.4, 0.5) is 13.2 Å². The first-order chi connectivity index (χ1) is 13.5. The zero-order valence-electron chi connectivity index (χ0n) is 15.1. The summed E-state index contributed by atoms with van der Waals surface area (Å²) in [5.74, 6) is 0.499. The fourth-order valence-corrected chi connectivity index (χ4v) is 3.10. The summed E-state index contributed by atoms with van der Waals surface area (Å²) >= 11 is 0.962. The van der Waals surface area contributed by atoms with Gasteiger partial charge in [0.2, 0.25) is 0 Å². The molecule has 28 heavy (non-hydrogen) atoms. The normalized spacial score (nSPS) is 12.2. The molecule has 0 atom stereocenters. The Hall–Kier alpha value is -2.88. The predicted octanol–water partition coefficient (Wildman–Crippen LogP) is 3.60. The van der Waals surface area contributed by atoms with Gasteiger partial charge >= 0.3 is 6.18 Å². The van der Waals surface area contributed by atoms with Gasteiger partial charge in [-0.25, -0.2) is 14.7 Å². The smallest absolute Gasteiger partial charge is 0.357 e. The van der Waals surface area contributed by atoms with Crippen molar-refractivity contribution in [3.8, 4) is 5.69 Å². The summed E-state index contributed by atoms with van der Waals surface area (Å²) in [6.45, 7) is 3.08. The van der Waals surface area contributed by atoms with Crippen LogP contribution >= 0.6 is 11.3 Å².